The van der Waals surface area contributed by atoms with E-state index in [1.54, 1.807) is 0 Å². The molecule has 16 nitrogen and oxygen atoms in total. The zero-order chi connectivity index (χ0) is 9.00. The third kappa shape index (κ3) is 2150. The Labute approximate surface area is 162 Å². The molecule has 16 N–H and O–H groups in total. The van der Waals surface area contributed by atoms with E-state index >= 15 is 0 Å². The van der Waals surface area contributed by atoms with E-state index in [-0.39, 0.29) is 102 Å². The van der Waals surface area contributed by atoms with Crippen molar-refractivity contribution in [2.45, 2.75) is 0 Å². The van der Waals surface area contributed by atoms with Crippen LogP contribution in [0.4, 0.5) is 0 Å². The van der Waals surface area contributed by atoms with Crippen molar-refractivity contribution in [1.29, 1.82) is 0 Å². The van der Waals surface area contributed by atoms with Crippen LogP contribution in [0.3, 0.4) is 0 Å². The van der Waals surface area contributed by atoms with E-state index in [1.165, 1.54) is 0 Å². The topological polar surface area (TPSA) is 424 Å². The van der Waals surface area contributed by atoms with Crippen LogP contribution in [0.2, 0.25) is 0 Å². The number of hydrogen-bond acceptors (Lipinski definition) is 8. The van der Waals surface area contributed by atoms with Gasteiger partial charge in [0.1, 0.15) is 0 Å². The molecule has 0 heterocycles. The molecule has 0 amide bonds. The molecule has 128 valence electrons. The van der Waals surface area contributed by atoms with Gasteiger partial charge in [0.15, 0.2) is 0 Å². The average Bonchev–Trinajstić information content (AvgIpc) is 1.12. The molecule has 21 heavy (non-hydrogen) atoms. The summed E-state index contributed by atoms with van der Waals surface area (Å²) in [4.78, 5) is 0. The Balaban J connectivity index is -0.00000000364. The maximum Gasteiger partial charge on any atom is 2.00 e. The Morgan fingerprint density at radius 3 is 0.381 bits per heavy atom. The zero-order valence-electron chi connectivity index (χ0n) is 10.3. The molecule has 0 aromatic heterocycles. The summed E-state index contributed by atoms with van der Waals surface area (Å²) in [5.74, 6) is 0. The smallest absolute Gasteiger partial charge is 2.00 e. The average molecular weight is 618 g/mol. The van der Waals surface area contributed by atoms with Crippen LogP contribution in [0.25, 0.3) is 0 Å². The Morgan fingerprint density at radius 1 is 0.381 bits per heavy atom. The first-order valence-corrected chi connectivity index (χ1v) is 7.59. The molecule has 0 bridgehead atoms. The molecular formula is H16As2O16Zn3. The predicted octanol–water partition coefficient (Wildman–Crippen LogP) is -14.7. The molecule has 0 radical (unpaired) electrons. The molecule has 0 saturated heterocycles. The van der Waals surface area contributed by atoms with Crippen LogP contribution in [0.15, 0.2) is 0 Å². The Bertz CT molecular complexity index is 134. The second-order valence-corrected chi connectivity index (χ2v) is 4.65. The minimum absolute atomic E-state index is 0. The third-order valence-electron chi connectivity index (χ3n) is 0. The van der Waals surface area contributed by atoms with Crippen LogP contribution in [0.5, 0.6) is 0 Å². The maximum atomic E-state index is 8.61. The van der Waals surface area contributed by atoms with Gasteiger partial charge >= 0.3 is 120 Å². The fraction of sp³-hybridized carbons (Fsp3) is 0. The second-order valence-electron chi connectivity index (χ2n) is 0.894. The molecular weight excluding hydrogens is 602 g/mol. The van der Waals surface area contributed by atoms with Crippen molar-refractivity contribution in [2.75, 3.05) is 0 Å². The molecule has 0 fully saturated rings. The Kier molecular flexibility index (Phi) is 262. The molecule has 0 aromatic carbocycles. The van der Waals surface area contributed by atoms with Gasteiger partial charge in [-0.15, -0.1) is 0 Å². The van der Waals surface area contributed by atoms with E-state index in [0.29, 0.717) is 0 Å². The maximum absolute atomic E-state index is 8.61. The van der Waals surface area contributed by atoms with Crippen LogP contribution in [-0.4, -0.2) is 72.8 Å². The largest absolute Gasteiger partial charge is 2.00 e. The minimum atomic E-state index is -5.88. The SMILES string of the molecule is O.O.O.O.O.O.O.O.O=[As]([O-])([O-])[O-].O=[As]([O-])([O-])[O-].[Zn+2].[Zn+2].[Zn+2]. The van der Waals surface area contributed by atoms with Gasteiger partial charge in [-0.1, -0.05) is 0 Å². The van der Waals surface area contributed by atoms with E-state index in [9.17, 15) is 0 Å². The summed E-state index contributed by atoms with van der Waals surface area (Å²) < 4.78 is 68.9. The van der Waals surface area contributed by atoms with Gasteiger partial charge in [0.25, 0.3) is 0 Å². The third-order valence-corrected chi connectivity index (χ3v) is 0. The number of rotatable bonds is 0. The summed E-state index contributed by atoms with van der Waals surface area (Å²) in [5, 5.41) is 0. The van der Waals surface area contributed by atoms with Crippen LogP contribution in [-0.2, 0) is 65.9 Å². The van der Waals surface area contributed by atoms with Crippen molar-refractivity contribution < 1.29 is 134 Å². The van der Waals surface area contributed by atoms with Crippen LogP contribution >= 0.6 is 0 Å². The molecule has 0 saturated carbocycles. The van der Waals surface area contributed by atoms with Crippen molar-refractivity contribution >= 4 is 29.0 Å². The first kappa shape index (κ1) is 111. The second kappa shape index (κ2) is 49.5. The van der Waals surface area contributed by atoms with Crippen molar-refractivity contribution in [2.24, 2.45) is 0 Å². The van der Waals surface area contributed by atoms with Crippen molar-refractivity contribution in [3.05, 3.63) is 0 Å². The first-order chi connectivity index (χ1) is 4.00. The normalized spacial score (nSPS) is 5.62. The molecule has 0 rings (SSSR count). The van der Waals surface area contributed by atoms with Crippen molar-refractivity contribution in [1.82, 2.24) is 0 Å². The van der Waals surface area contributed by atoms with E-state index in [0.717, 1.165) is 0 Å². The van der Waals surface area contributed by atoms with E-state index < -0.39 is 29.0 Å². The van der Waals surface area contributed by atoms with Gasteiger partial charge in [0.05, 0.1) is 0 Å². The summed E-state index contributed by atoms with van der Waals surface area (Å²) in [6, 6.07) is 0. The molecule has 0 spiro atoms. The van der Waals surface area contributed by atoms with Crippen LogP contribution < -0.4 is 24.6 Å². The van der Waals surface area contributed by atoms with Crippen molar-refractivity contribution in [3.63, 3.8) is 0 Å². The van der Waals surface area contributed by atoms with Crippen LogP contribution in [0.1, 0.15) is 0 Å². The number of hydrogen-bond donors (Lipinski definition) is 0. The molecule has 21 heteroatoms. The molecule has 0 aliphatic heterocycles. The van der Waals surface area contributed by atoms with Gasteiger partial charge in [-0.05, 0) is 0 Å². The van der Waals surface area contributed by atoms with Gasteiger partial charge in [-0.2, -0.15) is 0 Å². The van der Waals surface area contributed by atoms with Gasteiger partial charge < -0.3 is 43.8 Å². The standard InChI is InChI=1S/2AsH3O4.8H2O.3Zn/c2*2-1(3,4)5;;;;;;;;;;;/h2*(H3,2,3,4,5);8*1H2;;;/q;;;;;;;;;;3*+2/p-6. The zero-order valence-corrected chi connectivity index (χ0v) is 22.9. The van der Waals surface area contributed by atoms with E-state index in [4.69, 9.17) is 32.1 Å². The van der Waals surface area contributed by atoms with E-state index in [1.807, 2.05) is 0 Å². The first-order valence-electron chi connectivity index (χ1n) is 1.46. The monoisotopic (exact) mass is 614 g/mol. The van der Waals surface area contributed by atoms with Gasteiger partial charge in [0, 0.05) is 0 Å². The minimum Gasteiger partial charge on any atom is 2.00 e. The molecule has 0 unspecified atom stereocenters. The van der Waals surface area contributed by atoms with Gasteiger partial charge in [-0.25, -0.2) is 0 Å². The molecule has 0 atom stereocenters. The molecule has 0 aromatic rings. The summed E-state index contributed by atoms with van der Waals surface area (Å²) in [6.07, 6.45) is 0. The van der Waals surface area contributed by atoms with Crippen LogP contribution in [0, 0.1) is 0 Å². The molecule has 0 aliphatic rings. The molecule has 0 aliphatic carbocycles. The Hall–Kier alpha value is 2.03. The summed E-state index contributed by atoms with van der Waals surface area (Å²) >= 11 is -11.8. The Morgan fingerprint density at radius 2 is 0.381 bits per heavy atom. The van der Waals surface area contributed by atoms with Gasteiger partial charge in [0.2, 0.25) is 0 Å². The van der Waals surface area contributed by atoms with Gasteiger partial charge in [-0.3, -0.25) is 0 Å². The van der Waals surface area contributed by atoms with E-state index in [2.05, 4.69) is 0 Å². The summed E-state index contributed by atoms with van der Waals surface area (Å²) in [5.41, 5.74) is 0. The summed E-state index contributed by atoms with van der Waals surface area (Å²) in [6.45, 7) is 0. The summed E-state index contributed by atoms with van der Waals surface area (Å²) in [7, 11) is 0. The van der Waals surface area contributed by atoms with Crippen molar-refractivity contribution in [3.8, 4) is 0 Å². The quantitative estimate of drug-likeness (QED) is 0.234. The predicted molar refractivity (Wildman–Crippen MR) is 41.8 cm³/mol. The fourth-order valence-electron chi connectivity index (χ4n) is 0. The fourth-order valence-corrected chi connectivity index (χ4v) is 0.